The lowest BCUT2D eigenvalue weighted by Gasteiger charge is -2.19. The minimum atomic E-state index is 0.594. The zero-order chi connectivity index (χ0) is 11.1. The van der Waals surface area contributed by atoms with Crippen LogP contribution >= 0.6 is 11.3 Å². The van der Waals surface area contributed by atoms with Crippen molar-refractivity contribution >= 4 is 11.3 Å². The third kappa shape index (κ3) is 5.28. The molecule has 0 bridgehead atoms. The topological polar surface area (TPSA) is 24.9 Å². The van der Waals surface area contributed by atoms with E-state index in [1.165, 1.54) is 17.8 Å². The molecule has 15 heavy (non-hydrogen) atoms. The second-order valence-electron chi connectivity index (χ2n) is 4.41. The van der Waals surface area contributed by atoms with Crippen molar-refractivity contribution in [2.24, 2.45) is 5.92 Å². The number of nitrogens with zero attached hydrogens (tertiary/aromatic N) is 1. The molecule has 1 heterocycles. The second-order valence-corrected chi connectivity index (χ2v) is 5.39. The predicted molar refractivity (Wildman–Crippen MR) is 67.4 cm³/mol. The number of nitrogens with one attached hydrogen (secondary N) is 1. The molecule has 3 heteroatoms. The molecular weight excluding hydrogens is 204 g/mol. The van der Waals surface area contributed by atoms with Crippen LogP contribution in [0.25, 0.3) is 0 Å². The Morgan fingerprint density at radius 2 is 2.27 bits per heavy atom. The fourth-order valence-corrected chi connectivity index (χ4v) is 2.42. The molecule has 0 aromatic carbocycles. The molecule has 1 aromatic rings. The van der Waals surface area contributed by atoms with Crippen molar-refractivity contribution in [3.63, 3.8) is 0 Å². The van der Waals surface area contributed by atoms with Gasteiger partial charge in [0.1, 0.15) is 0 Å². The first kappa shape index (κ1) is 12.7. The normalized spacial score (nSPS) is 13.3. The van der Waals surface area contributed by atoms with Gasteiger partial charge < -0.3 is 5.32 Å². The van der Waals surface area contributed by atoms with Gasteiger partial charge in [-0.1, -0.05) is 20.8 Å². The first-order valence-electron chi connectivity index (χ1n) is 5.84. The summed E-state index contributed by atoms with van der Waals surface area (Å²) in [6.45, 7) is 7.89. The van der Waals surface area contributed by atoms with E-state index in [-0.39, 0.29) is 0 Å². The van der Waals surface area contributed by atoms with Gasteiger partial charge in [0.05, 0.1) is 5.01 Å². The standard InChI is InChI=1S/C12H22N2S/c1-4-5-13-11(8-10(2)3)9-12-14-6-7-15-12/h6-7,10-11,13H,4-5,8-9H2,1-3H3. The zero-order valence-corrected chi connectivity index (χ0v) is 10.8. The highest BCUT2D eigenvalue weighted by Gasteiger charge is 2.11. The largest absolute Gasteiger partial charge is 0.314 e. The van der Waals surface area contributed by atoms with Gasteiger partial charge in [0.25, 0.3) is 0 Å². The van der Waals surface area contributed by atoms with Gasteiger partial charge in [0.2, 0.25) is 0 Å². The molecular formula is C12H22N2S. The Morgan fingerprint density at radius 1 is 1.47 bits per heavy atom. The molecule has 0 fully saturated rings. The molecule has 0 amide bonds. The maximum atomic E-state index is 4.35. The zero-order valence-electron chi connectivity index (χ0n) is 9.99. The summed E-state index contributed by atoms with van der Waals surface area (Å²) in [7, 11) is 0. The molecule has 0 aliphatic rings. The van der Waals surface area contributed by atoms with E-state index in [1.807, 2.05) is 6.20 Å². The average Bonchev–Trinajstić information content (AvgIpc) is 2.66. The van der Waals surface area contributed by atoms with E-state index < -0.39 is 0 Å². The van der Waals surface area contributed by atoms with Crippen LogP contribution in [0.2, 0.25) is 0 Å². The summed E-state index contributed by atoms with van der Waals surface area (Å²) in [4.78, 5) is 4.35. The molecule has 0 saturated carbocycles. The van der Waals surface area contributed by atoms with Gasteiger partial charge in [0, 0.05) is 24.0 Å². The maximum absolute atomic E-state index is 4.35. The minimum Gasteiger partial charge on any atom is -0.314 e. The number of hydrogen-bond acceptors (Lipinski definition) is 3. The number of aromatic nitrogens is 1. The molecule has 86 valence electrons. The number of thiazole rings is 1. The fourth-order valence-electron chi connectivity index (χ4n) is 1.72. The Kier molecular flexibility index (Phi) is 5.88. The van der Waals surface area contributed by atoms with Gasteiger partial charge in [-0.3, -0.25) is 0 Å². The molecule has 0 saturated heterocycles. The second kappa shape index (κ2) is 6.96. The summed E-state index contributed by atoms with van der Waals surface area (Å²) in [5.74, 6) is 0.749. The molecule has 1 rings (SSSR count). The van der Waals surface area contributed by atoms with Crippen molar-refractivity contribution < 1.29 is 0 Å². The van der Waals surface area contributed by atoms with E-state index in [0.717, 1.165) is 18.9 Å². The highest BCUT2D eigenvalue weighted by atomic mass is 32.1. The van der Waals surface area contributed by atoms with Gasteiger partial charge in [-0.2, -0.15) is 0 Å². The van der Waals surface area contributed by atoms with Crippen LogP contribution < -0.4 is 5.32 Å². The summed E-state index contributed by atoms with van der Waals surface area (Å²) in [6, 6.07) is 0.594. The highest BCUT2D eigenvalue weighted by molar-refractivity contribution is 7.09. The van der Waals surface area contributed by atoms with Gasteiger partial charge in [0.15, 0.2) is 0 Å². The van der Waals surface area contributed by atoms with E-state index in [4.69, 9.17) is 0 Å². The van der Waals surface area contributed by atoms with E-state index in [9.17, 15) is 0 Å². The Morgan fingerprint density at radius 3 is 2.80 bits per heavy atom. The predicted octanol–water partition coefficient (Wildman–Crippen LogP) is 3.10. The molecule has 0 aliphatic heterocycles. The molecule has 1 atom stereocenters. The quantitative estimate of drug-likeness (QED) is 0.773. The third-order valence-electron chi connectivity index (χ3n) is 2.34. The lowest BCUT2D eigenvalue weighted by molar-refractivity contribution is 0.416. The third-order valence-corrected chi connectivity index (χ3v) is 3.15. The molecule has 0 radical (unpaired) electrons. The van der Waals surface area contributed by atoms with Crippen LogP contribution in [-0.4, -0.2) is 17.6 Å². The molecule has 1 N–H and O–H groups in total. The summed E-state index contributed by atoms with van der Waals surface area (Å²) in [5, 5.41) is 6.92. The molecule has 0 spiro atoms. The van der Waals surface area contributed by atoms with Crippen molar-refractivity contribution in [1.29, 1.82) is 0 Å². The van der Waals surface area contributed by atoms with Crippen molar-refractivity contribution in [3.8, 4) is 0 Å². The lowest BCUT2D eigenvalue weighted by Crippen LogP contribution is -2.33. The first-order valence-corrected chi connectivity index (χ1v) is 6.72. The van der Waals surface area contributed by atoms with Crippen molar-refractivity contribution in [3.05, 3.63) is 16.6 Å². The molecule has 0 aliphatic carbocycles. The number of hydrogen-bond donors (Lipinski definition) is 1. The Balaban J connectivity index is 2.41. The van der Waals surface area contributed by atoms with Gasteiger partial charge in [-0.05, 0) is 25.3 Å². The summed E-state index contributed by atoms with van der Waals surface area (Å²) in [5.41, 5.74) is 0. The van der Waals surface area contributed by atoms with Crippen molar-refractivity contribution in [2.45, 2.75) is 46.1 Å². The summed E-state index contributed by atoms with van der Waals surface area (Å²) < 4.78 is 0. The van der Waals surface area contributed by atoms with Crippen molar-refractivity contribution in [1.82, 2.24) is 10.3 Å². The van der Waals surface area contributed by atoms with Crippen molar-refractivity contribution in [2.75, 3.05) is 6.54 Å². The van der Waals surface area contributed by atoms with Gasteiger partial charge in [-0.15, -0.1) is 11.3 Å². The monoisotopic (exact) mass is 226 g/mol. The smallest absolute Gasteiger partial charge is 0.0940 e. The minimum absolute atomic E-state index is 0.594. The average molecular weight is 226 g/mol. The number of rotatable bonds is 7. The molecule has 2 nitrogen and oxygen atoms in total. The first-order chi connectivity index (χ1) is 7.22. The van der Waals surface area contributed by atoms with Crippen LogP contribution in [-0.2, 0) is 6.42 Å². The van der Waals surface area contributed by atoms with Crippen LogP contribution in [0.4, 0.5) is 0 Å². The molecule has 1 unspecified atom stereocenters. The van der Waals surface area contributed by atoms with Crippen LogP contribution in [0.3, 0.4) is 0 Å². The van der Waals surface area contributed by atoms with E-state index >= 15 is 0 Å². The summed E-state index contributed by atoms with van der Waals surface area (Å²) >= 11 is 1.76. The van der Waals surface area contributed by atoms with E-state index in [2.05, 4.69) is 36.5 Å². The van der Waals surface area contributed by atoms with Gasteiger partial charge in [-0.25, -0.2) is 4.98 Å². The van der Waals surface area contributed by atoms with Crippen LogP contribution in [0.1, 0.15) is 38.6 Å². The maximum Gasteiger partial charge on any atom is 0.0940 e. The van der Waals surface area contributed by atoms with Crippen LogP contribution in [0.5, 0.6) is 0 Å². The lowest BCUT2D eigenvalue weighted by atomic mass is 10.0. The SMILES string of the molecule is CCCNC(Cc1nccs1)CC(C)C. The fraction of sp³-hybridized carbons (Fsp3) is 0.750. The Labute approximate surface area is 97.1 Å². The van der Waals surface area contributed by atoms with Crippen LogP contribution in [0, 0.1) is 5.92 Å². The van der Waals surface area contributed by atoms with E-state index in [1.54, 1.807) is 11.3 Å². The highest BCUT2D eigenvalue weighted by Crippen LogP contribution is 2.12. The Hall–Kier alpha value is -0.410. The molecule has 1 aromatic heterocycles. The van der Waals surface area contributed by atoms with E-state index in [0.29, 0.717) is 6.04 Å². The van der Waals surface area contributed by atoms with Crippen LogP contribution in [0.15, 0.2) is 11.6 Å². The van der Waals surface area contributed by atoms with Gasteiger partial charge >= 0.3 is 0 Å². The Bertz CT molecular complexity index is 244. The summed E-state index contributed by atoms with van der Waals surface area (Å²) in [6.07, 6.45) is 5.41.